The van der Waals surface area contributed by atoms with Crippen molar-refractivity contribution in [2.75, 3.05) is 70.8 Å². The number of amides is 18. The number of nitrogens with zero attached hydrogens (tertiary/aromatic N) is 1. The Bertz CT molecular complexity index is 4160. The summed E-state index contributed by atoms with van der Waals surface area (Å²) in [4.78, 5) is 286. The van der Waals surface area contributed by atoms with E-state index in [0.29, 0.717) is 5.56 Å². The molecule has 0 aliphatic carbocycles. The molecule has 0 saturated carbocycles. The minimum absolute atomic E-state index is 0.0475. The number of hydrogen-bond donors (Lipinski definition) is 31. The first-order valence-corrected chi connectivity index (χ1v) is 44.5. The normalized spacial score (nSPS) is 16.6. The molecule has 53 heteroatoms. The maximum atomic E-state index is 14.9. The van der Waals surface area contributed by atoms with Crippen molar-refractivity contribution in [2.45, 2.75) is 248 Å². The van der Waals surface area contributed by atoms with Gasteiger partial charge in [0.1, 0.15) is 115 Å². The number of aliphatic carboxylic acids is 3. The van der Waals surface area contributed by atoms with Crippen LogP contribution in [-0.2, 0) is 107 Å². The summed E-state index contributed by atoms with van der Waals surface area (Å²) in [7, 11) is 0. The van der Waals surface area contributed by atoms with Crippen molar-refractivity contribution in [1.82, 2.24) is 95.3 Å². The van der Waals surface area contributed by atoms with Crippen molar-refractivity contribution in [3.63, 3.8) is 0 Å². The Morgan fingerprint density at radius 1 is 0.388 bits per heavy atom. The Hall–Kier alpha value is -11.6. The molecule has 1 aliphatic heterocycles. The molecule has 18 amide bonds. The summed E-state index contributed by atoms with van der Waals surface area (Å²) in [6, 6.07) is -24.3. The third-order valence-corrected chi connectivity index (χ3v) is 21.6. The van der Waals surface area contributed by atoms with E-state index in [9.17, 15) is 152 Å². The SMILES string of the molecule is CC[C@H](C)[C@H](NC(=O)[C@H](Cc1ccccc1)NC(=O)[C@H](CC(=O)O)NC(=O)[C@@H](NC(=O)[C@H](CO)NC(=O)[C@H](CCCCN)NC(=O)[C@H](CC(C)C)NC(=O)[C@H](CS)NC(=O)[C@H](CC(=O)O)NC(=O)[C@H](CO)NC(=O)[C@H](CS)NC(=O)[C@@H](N)CO)C(C)C)C(=O)N1CCC[C@H]1C(=O)N[C@@H](CO)C(=O)N[C@@H](CO)C(=O)N[C@@H](CC(C)C)C(=O)N[C@@H](C)C(=O)N[C@@H](CO)C(=O)N[C@@H](CO)C(=O)O. The van der Waals surface area contributed by atoms with Crippen LogP contribution in [-0.4, -0.2) is 366 Å². The number of nitrogens with two attached hydrogens (primary N) is 2. The number of thiol groups is 2. The van der Waals surface area contributed by atoms with Gasteiger partial charge in [0.15, 0.2) is 0 Å². The lowest BCUT2D eigenvalue weighted by atomic mass is 9.96. The first-order valence-electron chi connectivity index (χ1n) is 43.2. The minimum atomic E-state index is -2.06. The van der Waals surface area contributed by atoms with E-state index in [1.165, 1.54) is 13.8 Å². The van der Waals surface area contributed by atoms with Crippen LogP contribution in [0.2, 0.25) is 0 Å². The third-order valence-electron chi connectivity index (χ3n) is 20.9. The number of aliphatic hydroxyl groups excluding tert-OH is 7. The Morgan fingerprint density at radius 2 is 0.731 bits per heavy atom. The highest BCUT2D eigenvalue weighted by Crippen LogP contribution is 2.23. The topological polar surface area (TPSA) is 821 Å². The van der Waals surface area contributed by atoms with Crippen molar-refractivity contribution in [3.8, 4) is 0 Å². The number of aliphatic hydroxyl groups is 7. The highest BCUT2D eigenvalue weighted by Gasteiger charge is 2.44. The van der Waals surface area contributed by atoms with Gasteiger partial charge in [-0.1, -0.05) is 92.1 Å². The van der Waals surface area contributed by atoms with Gasteiger partial charge in [-0.05, 0) is 87.6 Å². The molecule has 1 fully saturated rings. The molecule has 1 saturated heterocycles. The first-order chi connectivity index (χ1) is 63.1. The maximum absolute atomic E-state index is 14.9. The van der Waals surface area contributed by atoms with E-state index >= 15 is 0 Å². The van der Waals surface area contributed by atoms with E-state index in [1.807, 2.05) is 5.32 Å². The van der Waals surface area contributed by atoms with Gasteiger partial charge < -0.3 is 158 Å². The molecule has 2 rings (SSSR count). The largest absolute Gasteiger partial charge is 0.481 e. The van der Waals surface area contributed by atoms with Crippen molar-refractivity contribution in [3.05, 3.63) is 35.9 Å². The number of rotatable bonds is 62. The van der Waals surface area contributed by atoms with Gasteiger partial charge in [-0.3, -0.25) is 95.9 Å². The zero-order valence-corrected chi connectivity index (χ0v) is 77.6. The Kier molecular flexibility index (Phi) is 53.6. The smallest absolute Gasteiger partial charge is 0.328 e. The first kappa shape index (κ1) is 118. The number of hydrogen-bond acceptors (Lipinski definition) is 32. The Labute approximate surface area is 782 Å². The number of benzene rings is 1. The number of carboxylic acid groups (broad SMARTS) is 3. The summed E-state index contributed by atoms with van der Waals surface area (Å²) in [6.45, 7) is 6.32. The molecular formula is C81H132N20O31S2. The standard InChI is InChI=1S/C81H132N20O31S2/c1-10-40(8)62(80(130)101-22-16-20-58(101)78(128)95-53(32-106)73(123)93-51(30-104)71(121)86-45(23-37(2)3)66(116)84-41(9)63(113)91-50(29-103)74(124)96-55(34-108)81(131)132)100-70(120)47(25-42-17-12-11-13-18-42)88-68(118)49(27-60(111)112)90-79(129)61(39(6)7)99-75(125)54(33-107)92-65(115)44(19-14-15-21-82)85-67(117)46(24-38(4)5)87-76(126)57(36-134)98-69(119)48(26-59(109)110)89-72(122)52(31-105)94-77(127)56(35-133)97-64(114)43(83)28-102/h11-13,17-18,37-41,43-58,61-62,102-108,133-134H,10,14-16,19-36,82-83H2,1-9H3,(H,84,116)(H,85,117)(H,86,121)(H,87,126)(H,88,118)(H,89,122)(H,90,129)(H,91,113)(H,92,115)(H,93,123)(H,94,127)(H,95,128)(H,96,124)(H,97,114)(H,98,119)(H,99,125)(H,100,120)(H,109,110)(H,111,112)(H,131,132)/t40-,41-,43-,44-,45-,46-,47-,48-,49-,50-,51-,52-,53-,54-,55-,56-,57-,58-,61-,62-/m0/s1. The van der Waals surface area contributed by atoms with Gasteiger partial charge in [-0.25, -0.2) is 4.79 Å². The molecule has 0 spiro atoms. The van der Waals surface area contributed by atoms with E-state index in [0.717, 1.165) is 11.8 Å². The molecule has 31 N–H and O–H groups in total. The van der Waals surface area contributed by atoms with E-state index in [1.54, 1.807) is 71.9 Å². The van der Waals surface area contributed by atoms with Gasteiger partial charge in [0.25, 0.3) is 0 Å². The second kappa shape index (κ2) is 60.6. The average Bonchev–Trinajstić information content (AvgIpc) is 1.61. The average molecular weight is 1950 g/mol. The summed E-state index contributed by atoms with van der Waals surface area (Å²) in [6.07, 6.45) is -2.42. The van der Waals surface area contributed by atoms with Gasteiger partial charge in [-0.2, -0.15) is 25.3 Å². The molecule has 1 aromatic rings. The van der Waals surface area contributed by atoms with Crippen molar-refractivity contribution in [2.24, 2.45) is 35.1 Å². The fourth-order valence-corrected chi connectivity index (χ4v) is 13.6. The summed E-state index contributed by atoms with van der Waals surface area (Å²) < 4.78 is 0. The number of carbonyl (C=O) groups excluding carboxylic acids is 18. The zero-order chi connectivity index (χ0) is 102. The van der Waals surface area contributed by atoms with Crippen LogP contribution in [0.3, 0.4) is 0 Å². The fraction of sp³-hybridized carbons (Fsp3) is 0.667. The summed E-state index contributed by atoms with van der Waals surface area (Å²) in [5, 5.41) is 138. The molecule has 0 unspecified atom stereocenters. The van der Waals surface area contributed by atoms with Gasteiger partial charge in [-0.15, -0.1) is 0 Å². The Morgan fingerprint density at radius 3 is 1.14 bits per heavy atom. The molecular weight excluding hydrogens is 1810 g/mol. The maximum Gasteiger partial charge on any atom is 0.328 e. The summed E-state index contributed by atoms with van der Waals surface area (Å²) >= 11 is 8.13. The molecule has 1 heterocycles. The third kappa shape index (κ3) is 39.9. The molecule has 0 radical (unpaired) electrons. The van der Waals surface area contributed by atoms with Gasteiger partial charge in [0, 0.05) is 24.5 Å². The summed E-state index contributed by atoms with van der Waals surface area (Å²) in [5.41, 5.74) is 11.6. The number of likely N-dealkylation sites (tertiary alicyclic amines) is 1. The van der Waals surface area contributed by atoms with E-state index < -0.39 is 322 Å². The molecule has 0 bridgehead atoms. The van der Waals surface area contributed by atoms with E-state index in [-0.39, 0.29) is 82.5 Å². The monoisotopic (exact) mass is 1940 g/mol. The second-order valence-electron chi connectivity index (χ2n) is 32.9. The fourth-order valence-electron chi connectivity index (χ4n) is 13.0. The number of nitrogens with one attached hydrogen (secondary N) is 17. The lowest BCUT2D eigenvalue weighted by Crippen LogP contribution is -2.62. The van der Waals surface area contributed by atoms with E-state index in [2.05, 4.69) is 110 Å². The lowest BCUT2D eigenvalue weighted by molar-refractivity contribution is -0.144. The summed E-state index contributed by atoms with van der Waals surface area (Å²) in [5.74, 6) is -28.6. The number of unbranched alkanes of at least 4 members (excludes halogenated alkanes) is 1. The highest BCUT2D eigenvalue weighted by molar-refractivity contribution is 7.80. The molecule has 20 atom stereocenters. The van der Waals surface area contributed by atoms with Gasteiger partial charge >= 0.3 is 17.9 Å². The predicted molar refractivity (Wildman–Crippen MR) is 477 cm³/mol. The van der Waals surface area contributed by atoms with Crippen LogP contribution in [0, 0.1) is 23.7 Å². The number of carbonyl (C=O) groups is 21. The second-order valence-corrected chi connectivity index (χ2v) is 33.6. The lowest BCUT2D eigenvalue weighted by Gasteiger charge is -2.33. The number of carboxylic acids is 3. The molecule has 51 nitrogen and oxygen atoms in total. The zero-order valence-electron chi connectivity index (χ0n) is 75.8. The van der Waals surface area contributed by atoms with Crippen molar-refractivity contribution in [1.29, 1.82) is 0 Å². The van der Waals surface area contributed by atoms with Crippen LogP contribution in [0.15, 0.2) is 30.3 Å². The van der Waals surface area contributed by atoms with Crippen LogP contribution in [0.5, 0.6) is 0 Å². The minimum Gasteiger partial charge on any atom is -0.481 e. The van der Waals surface area contributed by atoms with Gasteiger partial charge in [0.2, 0.25) is 106 Å². The molecule has 134 heavy (non-hydrogen) atoms. The van der Waals surface area contributed by atoms with Crippen LogP contribution >= 0.6 is 25.3 Å². The van der Waals surface area contributed by atoms with Crippen LogP contribution in [0.1, 0.15) is 132 Å². The van der Waals surface area contributed by atoms with Gasteiger partial charge in [0.05, 0.1) is 59.1 Å². The Balaban J connectivity index is 2.42. The highest BCUT2D eigenvalue weighted by atomic mass is 32.1. The molecule has 0 aromatic heterocycles. The predicted octanol–water partition coefficient (Wildman–Crippen LogP) is -12.4. The molecule has 754 valence electrons. The van der Waals surface area contributed by atoms with Crippen molar-refractivity contribution >= 4 is 149 Å². The molecule has 1 aliphatic rings. The van der Waals surface area contributed by atoms with Crippen LogP contribution in [0.25, 0.3) is 0 Å². The van der Waals surface area contributed by atoms with Crippen LogP contribution < -0.4 is 102 Å². The van der Waals surface area contributed by atoms with Crippen LogP contribution in [0.4, 0.5) is 0 Å². The van der Waals surface area contributed by atoms with E-state index in [4.69, 9.17) is 11.5 Å². The van der Waals surface area contributed by atoms with Crippen molar-refractivity contribution < 1.29 is 152 Å². The quantitative estimate of drug-likeness (QED) is 0.0213. The molecule has 1 aromatic carbocycles.